The Bertz CT molecular complexity index is 218. The molecule has 0 heterocycles. The summed E-state index contributed by atoms with van der Waals surface area (Å²) < 4.78 is 4.59. The number of carboxylic acids is 2. The number of aliphatic hydroxyl groups is 1. The van der Waals surface area contributed by atoms with Gasteiger partial charge in [0.2, 0.25) is 0 Å². The van der Waals surface area contributed by atoms with E-state index in [1.807, 2.05) is 0 Å². The van der Waals surface area contributed by atoms with Gasteiger partial charge in [-0.05, 0) is 0 Å². The fraction of sp³-hybridized carbons (Fsp3) is 0.500. The van der Waals surface area contributed by atoms with E-state index in [1.165, 1.54) is 0 Å². The van der Waals surface area contributed by atoms with E-state index in [2.05, 4.69) is 11.3 Å². The molecule has 0 spiro atoms. The SMILES string of the molecule is C=COCC(O)(CC(=O)O)CC(=O)O. The summed E-state index contributed by atoms with van der Waals surface area (Å²) in [7, 11) is 0. The van der Waals surface area contributed by atoms with Crippen LogP contribution in [0.5, 0.6) is 0 Å². The summed E-state index contributed by atoms with van der Waals surface area (Å²) in [4.78, 5) is 20.7. The molecule has 14 heavy (non-hydrogen) atoms. The molecule has 0 aliphatic rings. The predicted octanol–water partition coefficient (Wildman–Crippen LogP) is -0.173. The van der Waals surface area contributed by atoms with Crippen molar-refractivity contribution in [3.05, 3.63) is 12.8 Å². The Morgan fingerprint density at radius 2 is 1.71 bits per heavy atom. The van der Waals surface area contributed by atoms with E-state index in [9.17, 15) is 14.7 Å². The summed E-state index contributed by atoms with van der Waals surface area (Å²) in [6.07, 6.45) is -0.366. The number of rotatable bonds is 7. The van der Waals surface area contributed by atoms with Crippen LogP contribution in [0.25, 0.3) is 0 Å². The molecule has 0 aromatic rings. The van der Waals surface area contributed by atoms with Gasteiger partial charge in [-0.3, -0.25) is 9.59 Å². The van der Waals surface area contributed by atoms with Gasteiger partial charge in [0.05, 0.1) is 19.1 Å². The van der Waals surface area contributed by atoms with Crippen molar-refractivity contribution in [2.45, 2.75) is 18.4 Å². The van der Waals surface area contributed by atoms with Gasteiger partial charge in [-0.2, -0.15) is 0 Å². The quantitative estimate of drug-likeness (QED) is 0.497. The van der Waals surface area contributed by atoms with Crippen LogP contribution in [0.1, 0.15) is 12.8 Å². The lowest BCUT2D eigenvalue weighted by Gasteiger charge is -2.23. The van der Waals surface area contributed by atoms with Crippen molar-refractivity contribution in [1.29, 1.82) is 0 Å². The first-order chi connectivity index (χ1) is 6.39. The summed E-state index contributed by atoms with van der Waals surface area (Å²) >= 11 is 0. The van der Waals surface area contributed by atoms with Gasteiger partial charge in [-0.25, -0.2) is 0 Å². The van der Waals surface area contributed by atoms with Gasteiger partial charge in [-0.1, -0.05) is 6.58 Å². The van der Waals surface area contributed by atoms with Crippen molar-refractivity contribution in [3.8, 4) is 0 Å². The third-order valence-corrected chi connectivity index (χ3v) is 1.43. The summed E-state index contributed by atoms with van der Waals surface area (Å²) in [6, 6.07) is 0. The lowest BCUT2D eigenvalue weighted by molar-refractivity contribution is -0.151. The maximum Gasteiger partial charge on any atom is 0.306 e. The molecule has 0 amide bonds. The molecule has 0 atom stereocenters. The van der Waals surface area contributed by atoms with E-state index in [0.717, 1.165) is 6.26 Å². The fourth-order valence-corrected chi connectivity index (χ4v) is 0.942. The highest BCUT2D eigenvalue weighted by atomic mass is 16.5. The third kappa shape index (κ3) is 5.15. The van der Waals surface area contributed by atoms with Crippen LogP contribution in [0, 0.1) is 0 Å². The highest BCUT2D eigenvalue weighted by Gasteiger charge is 2.33. The first-order valence-corrected chi connectivity index (χ1v) is 3.78. The third-order valence-electron chi connectivity index (χ3n) is 1.43. The summed E-state index contributed by atoms with van der Waals surface area (Å²) in [5, 5.41) is 26.4. The van der Waals surface area contributed by atoms with Gasteiger partial charge in [0.1, 0.15) is 12.2 Å². The smallest absolute Gasteiger partial charge is 0.306 e. The lowest BCUT2D eigenvalue weighted by Crippen LogP contribution is -2.38. The van der Waals surface area contributed by atoms with Crippen LogP contribution in [-0.2, 0) is 14.3 Å². The molecule has 0 aliphatic heterocycles. The van der Waals surface area contributed by atoms with Crippen LogP contribution >= 0.6 is 0 Å². The van der Waals surface area contributed by atoms with Crippen molar-refractivity contribution >= 4 is 11.9 Å². The summed E-state index contributed by atoms with van der Waals surface area (Å²) in [5.74, 6) is -2.58. The van der Waals surface area contributed by atoms with E-state index >= 15 is 0 Å². The Hall–Kier alpha value is -1.56. The number of hydrogen-bond acceptors (Lipinski definition) is 4. The van der Waals surface area contributed by atoms with Crippen molar-refractivity contribution in [2.75, 3.05) is 6.61 Å². The number of carboxylic acid groups (broad SMARTS) is 2. The zero-order valence-corrected chi connectivity index (χ0v) is 7.47. The molecule has 0 aromatic heterocycles. The highest BCUT2D eigenvalue weighted by Crippen LogP contribution is 2.16. The molecule has 0 aromatic carbocycles. The van der Waals surface area contributed by atoms with E-state index in [0.29, 0.717) is 0 Å². The molecule has 3 N–H and O–H groups in total. The van der Waals surface area contributed by atoms with Gasteiger partial charge >= 0.3 is 11.9 Å². The van der Waals surface area contributed by atoms with Crippen LogP contribution in [0.2, 0.25) is 0 Å². The van der Waals surface area contributed by atoms with Crippen molar-refractivity contribution < 1.29 is 29.6 Å². The Balaban J connectivity index is 4.38. The molecule has 0 unspecified atom stereocenters. The average Bonchev–Trinajstić information content (AvgIpc) is 1.97. The second-order valence-corrected chi connectivity index (χ2v) is 2.84. The minimum absolute atomic E-state index is 0.408. The Morgan fingerprint density at radius 1 is 1.29 bits per heavy atom. The zero-order valence-electron chi connectivity index (χ0n) is 7.47. The standard InChI is InChI=1S/C8H12O6/c1-2-14-5-8(13,3-6(9)10)4-7(11)12/h2,13H,1,3-5H2,(H,9,10)(H,11,12). The lowest BCUT2D eigenvalue weighted by atomic mass is 9.97. The number of carbonyl (C=O) groups is 2. The van der Waals surface area contributed by atoms with Gasteiger partial charge in [0.25, 0.3) is 0 Å². The molecule has 6 nitrogen and oxygen atoms in total. The van der Waals surface area contributed by atoms with Crippen LogP contribution in [0.3, 0.4) is 0 Å². The van der Waals surface area contributed by atoms with E-state index in [-0.39, 0.29) is 0 Å². The maximum atomic E-state index is 10.3. The topological polar surface area (TPSA) is 104 Å². The maximum absolute atomic E-state index is 10.3. The molecular weight excluding hydrogens is 192 g/mol. The first kappa shape index (κ1) is 12.4. The Labute approximate surface area is 80.4 Å². The molecule has 0 saturated carbocycles. The molecule has 0 radical (unpaired) electrons. The summed E-state index contributed by atoms with van der Waals surface area (Å²) in [6.45, 7) is 2.79. The van der Waals surface area contributed by atoms with Gasteiger partial charge < -0.3 is 20.1 Å². The predicted molar refractivity (Wildman–Crippen MR) is 45.6 cm³/mol. The van der Waals surface area contributed by atoms with Crippen LogP contribution in [-0.4, -0.2) is 39.5 Å². The van der Waals surface area contributed by atoms with Crippen molar-refractivity contribution in [2.24, 2.45) is 0 Å². The Kier molecular flexibility index (Phi) is 4.65. The molecule has 0 saturated heterocycles. The van der Waals surface area contributed by atoms with Gasteiger partial charge in [0, 0.05) is 0 Å². The first-order valence-electron chi connectivity index (χ1n) is 3.78. The summed E-state index contributed by atoms with van der Waals surface area (Å²) in [5.41, 5.74) is -1.90. The number of ether oxygens (including phenoxy) is 1. The van der Waals surface area contributed by atoms with E-state index in [4.69, 9.17) is 10.2 Å². The van der Waals surface area contributed by atoms with E-state index < -0.39 is 37.0 Å². The number of aliphatic carboxylic acids is 2. The second kappa shape index (κ2) is 5.23. The zero-order chi connectivity index (χ0) is 11.2. The molecule has 0 rings (SSSR count). The normalized spacial score (nSPS) is 10.6. The van der Waals surface area contributed by atoms with Crippen LogP contribution < -0.4 is 0 Å². The average molecular weight is 204 g/mol. The van der Waals surface area contributed by atoms with Gasteiger partial charge in [0.15, 0.2) is 0 Å². The molecule has 0 bridgehead atoms. The van der Waals surface area contributed by atoms with Crippen molar-refractivity contribution in [1.82, 2.24) is 0 Å². The van der Waals surface area contributed by atoms with Crippen LogP contribution in [0.4, 0.5) is 0 Å². The second-order valence-electron chi connectivity index (χ2n) is 2.84. The van der Waals surface area contributed by atoms with E-state index in [1.54, 1.807) is 0 Å². The molecule has 0 fully saturated rings. The number of hydrogen-bond donors (Lipinski definition) is 3. The van der Waals surface area contributed by atoms with Gasteiger partial charge in [-0.15, -0.1) is 0 Å². The van der Waals surface area contributed by atoms with Crippen LogP contribution in [0.15, 0.2) is 12.8 Å². The largest absolute Gasteiger partial charge is 0.499 e. The molecule has 0 aliphatic carbocycles. The van der Waals surface area contributed by atoms with Crippen molar-refractivity contribution in [3.63, 3.8) is 0 Å². The molecule has 80 valence electrons. The minimum Gasteiger partial charge on any atom is -0.499 e. The monoisotopic (exact) mass is 204 g/mol. The Morgan fingerprint density at radius 3 is 2.00 bits per heavy atom. The molecule has 6 heteroatoms. The minimum atomic E-state index is -1.90. The fourth-order valence-electron chi connectivity index (χ4n) is 0.942. The highest BCUT2D eigenvalue weighted by molar-refractivity contribution is 5.72. The molecular formula is C8H12O6.